The number of nitrogens with one attached hydrogen (secondary N) is 1. The van der Waals surface area contributed by atoms with E-state index in [-0.39, 0.29) is 0 Å². The molecule has 0 amide bonds. The van der Waals surface area contributed by atoms with Crippen molar-refractivity contribution in [1.29, 1.82) is 0 Å². The molecule has 1 fully saturated rings. The molecule has 1 aromatic heterocycles. The molecule has 5 heteroatoms. The van der Waals surface area contributed by atoms with Crippen molar-refractivity contribution in [2.75, 3.05) is 39.8 Å². The van der Waals surface area contributed by atoms with E-state index < -0.39 is 0 Å². The Morgan fingerprint density at radius 3 is 3.00 bits per heavy atom. The molecule has 1 atom stereocenters. The first-order valence-electron chi connectivity index (χ1n) is 10.2. The summed E-state index contributed by atoms with van der Waals surface area (Å²) in [6.07, 6.45) is 5.54. The maximum absolute atomic E-state index is 5.34. The Labute approximate surface area is 163 Å². The van der Waals surface area contributed by atoms with E-state index in [2.05, 4.69) is 51.8 Å². The standard InChI is InChI=1S/C22H34N4O/c1-4-25(16-22-18(2)23-17-24-22)14-20-8-6-11-26(15-20)12-10-19-7-5-9-21(13-19)27-3/h5,7,9,13,17,20H,4,6,8,10-12,14-16H2,1-3H3,(H,23,24)/t20-/m0/s1. The van der Waals surface area contributed by atoms with E-state index in [1.54, 1.807) is 13.4 Å². The van der Waals surface area contributed by atoms with Crippen LogP contribution in [-0.4, -0.2) is 59.6 Å². The number of methoxy groups -OCH3 is 1. The topological polar surface area (TPSA) is 44.4 Å². The lowest BCUT2D eigenvalue weighted by atomic mass is 9.96. The lowest BCUT2D eigenvalue weighted by molar-refractivity contribution is 0.132. The first-order valence-corrected chi connectivity index (χ1v) is 10.2. The van der Waals surface area contributed by atoms with Gasteiger partial charge in [-0.15, -0.1) is 0 Å². The number of likely N-dealkylation sites (tertiary alicyclic amines) is 1. The molecule has 148 valence electrons. The summed E-state index contributed by atoms with van der Waals surface area (Å²) in [5.41, 5.74) is 3.74. The van der Waals surface area contributed by atoms with Gasteiger partial charge in [0.15, 0.2) is 0 Å². The van der Waals surface area contributed by atoms with Crippen LogP contribution in [0.25, 0.3) is 0 Å². The van der Waals surface area contributed by atoms with E-state index in [0.29, 0.717) is 0 Å². The van der Waals surface area contributed by atoms with E-state index in [1.165, 1.54) is 49.4 Å². The molecule has 0 saturated carbocycles. The maximum Gasteiger partial charge on any atom is 0.119 e. The van der Waals surface area contributed by atoms with Gasteiger partial charge in [-0.2, -0.15) is 0 Å². The Bertz CT molecular complexity index is 699. The maximum atomic E-state index is 5.34. The van der Waals surface area contributed by atoms with Gasteiger partial charge in [0.05, 0.1) is 19.1 Å². The Balaban J connectivity index is 1.48. The zero-order valence-corrected chi connectivity index (χ0v) is 17.1. The van der Waals surface area contributed by atoms with Gasteiger partial charge in [0.2, 0.25) is 0 Å². The third-order valence-electron chi connectivity index (χ3n) is 5.73. The van der Waals surface area contributed by atoms with Crippen molar-refractivity contribution in [3.8, 4) is 5.75 Å². The molecule has 0 radical (unpaired) electrons. The Morgan fingerprint density at radius 2 is 2.26 bits per heavy atom. The number of imidazole rings is 1. The third kappa shape index (κ3) is 5.81. The van der Waals surface area contributed by atoms with E-state index in [9.17, 15) is 0 Å². The predicted molar refractivity (Wildman–Crippen MR) is 110 cm³/mol. The summed E-state index contributed by atoms with van der Waals surface area (Å²) < 4.78 is 5.34. The molecule has 0 spiro atoms. The van der Waals surface area contributed by atoms with E-state index in [4.69, 9.17) is 4.74 Å². The molecule has 2 heterocycles. The summed E-state index contributed by atoms with van der Waals surface area (Å²) in [7, 11) is 1.73. The Kier molecular flexibility index (Phi) is 7.30. The summed E-state index contributed by atoms with van der Waals surface area (Å²) in [4.78, 5) is 12.8. The minimum absolute atomic E-state index is 0.753. The molecule has 27 heavy (non-hydrogen) atoms. The zero-order chi connectivity index (χ0) is 19.1. The number of hydrogen-bond acceptors (Lipinski definition) is 4. The molecule has 2 aromatic rings. The highest BCUT2D eigenvalue weighted by molar-refractivity contribution is 5.28. The summed E-state index contributed by atoms with van der Waals surface area (Å²) in [6.45, 7) is 11.1. The molecule has 3 rings (SSSR count). The predicted octanol–water partition coefficient (Wildman–Crippen LogP) is 3.50. The van der Waals surface area contributed by atoms with Crippen molar-refractivity contribution in [3.05, 3.63) is 47.5 Å². The molecular formula is C22H34N4O. The van der Waals surface area contributed by atoms with Gasteiger partial charge in [-0.1, -0.05) is 19.1 Å². The second-order valence-corrected chi connectivity index (χ2v) is 7.71. The molecule has 1 aliphatic rings. The lowest BCUT2D eigenvalue weighted by Gasteiger charge is -2.35. The fourth-order valence-electron chi connectivity index (χ4n) is 4.05. The number of rotatable bonds is 9. The van der Waals surface area contributed by atoms with Crippen molar-refractivity contribution in [2.24, 2.45) is 5.92 Å². The Hall–Kier alpha value is -1.85. The van der Waals surface area contributed by atoms with Crippen LogP contribution in [0.3, 0.4) is 0 Å². The number of aryl methyl sites for hydroxylation is 1. The molecule has 1 N–H and O–H groups in total. The van der Waals surface area contributed by atoms with Gasteiger partial charge in [0.25, 0.3) is 0 Å². The first-order chi connectivity index (χ1) is 13.2. The van der Waals surface area contributed by atoms with Crippen molar-refractivity contribution >= 4 is 0 Å². The number of piperidine rings is 1. The molecule has 1 aromatic carbocycles. The van der Waals surface area contributed by atoms with Gasteiger partial charge in [-0.25, -0.2) is 4.98 Å². The minimum Gasteiger partial charge on any atom is -0.497 e. The largest absolute Gasteiger partial charge is 0.497 e. The number of hydrogen-bond donors (Lipinski definition) is 1. The van der Waals surface area contributed by atoms with Gasteiger partial charge >= 0.3 is 0 Å². The number of nitrogens with zero attached hydrogens (tertiary/aromatic N) is 3. The van der Waals surface area contributed by atoms with Gasteiger partial charge in [-0.05, 0) is 62.9 Å². The van der Waals surface area contributed by atoms with Crippen LogP contribution in [0.1, 0.15) is 36.7 Å². The molecular weight excluding hydrogens is 336 g/mol. The van der Waals surface area contributed by atoms with E-state index >= 15 is 0 Å². The number of ether oxygens (including phenoxy) is 1. The van der Waals surface area contributed by atoms with Gasteiger partial charge in [-0.3, -0.25) is 4.90 Å². The van der Waals surface area contributed by atoms with Crippen molar-refractivity contribution in [3.63, 3.8) is 0 Å². The normalized spacial score (nSPS) is 18.1. The quantitative estimate of drug-likeness (QED) is 0.734. The van der Waals surface area contributed by atoms with Crippen molar-refractivity contribution < 1.29 is 4.74 Å². The second-order valence-electron chi connectivity index (χ2n) is 7.71. The van der Waals surface area contributed by atoms with Crippen LogP contribution in [0, 0.1) is 12.8 Å². The monoisotopic (exact) mass is 370 g/mol. The fourth-order valence-corrected chi connectivity index (χ4v) is 4.05. The number of aromatic nitrogens is 2. The smallest absolute Gasteiger partial charge is 0.119 e. The highest BCUT2D eigenvalue weighted by Crippen LogP contribution is 2.20. The molecule has 0 bridgehead atoms. The van der Waals surface area contributed by atoms with E-state index in [1.807, 2.05) is 6.07 Å². The minimum atomic E-state index is 0.753. The fraction of sp³-hybridized carbons (Fsp3) is 0.591. The molecule has 1 saturated heterocycles. The number of aromatic amines is 1. The Morgan fingerprint density at radius 1 is 1.37 bits per heavy atom. The van der Waals surface area contributed by atoms with Crippen LogP contribution in [0.5, 0.6) is 5.75 Å². The molecule has 5 nitrogen and oxygen atoms in total. The molecule has 0 unspecified atom stereocenters. The van der Waals surface area contributed by atoms with E-state index in [0.717, 1.165) is 37.7 Å². The van der Waals surface area contributed by atoms with Crippen LogP contribution in [0.4, 0.5) is 0 Å². The highest BCUT2D eigenvalue weighted by Gasteiger charge is 2.22. The zero-order valence-electron chi connectivity index (χ0n) is 17.1. The SMILES string of the molecule is CCN(Cc1nc[nH]c1C)C[C@@H]1CCCN(CCc2cccc(OC)c2)C1. The summed E-state index contributed by atoms with van der Waals surface area (Å²) in [6, 6.07) is 8.46. The third-order valence-corrected chi connectivity index (χ3v) is 5.73. The molecule has 0 aliphatic carbocycles. The summed E-state index contributed by atoms with van der Waals surface area (Å²) in [5, 5.41) is 0. The number of H-pyrrole nitrogens is 1. The van der Waals surface area contributed by atoms with Gasteiger partial charge in [0, 0.05) is 31.9 Å². The van der Waals surface area contributed by atoms with Crippen molar-refractivity contribution in [1.82, 2.24) is 19.8 Å². The lowest BCUT2D eigenvalue weighted by Crippen LogP contribution is -2.41. The van der Waals surface area contributed by atoms with Crippen molar-refractivity contribution in [2.45, 2.75) is 39.7 Å². The summed E-state index contributed by atoms with van der Waals surface area (Å²) >= 11 is 0. The van der Waals surface area contributed by atoms with Crippen LogP contribution in [-0.2, 0) is 13.0 Å². The van der Waals surface area contributed by atoms with Gasteiger partial charge < -0.3 is 14.6 Å². The number of benzene rings is 1. The van der Waals surface area contributed by atoms with Crippen LogP contribution < -0.4 is 4.74 Å². The van der Waals surface area contributed by atoms with Crippen LogP contribution in [0.15, 0.2) is 30.6 Å². The van der Waals surface area contributed by atoms with Crippen LogP contribution >= 0.6 is 0 Å². The molecule has 1 aliphatic heterocycles. The van der Waals surface area contributed by atoms with Gasteiger partial charge in [0.1, 0.15) is 5.75 Å². The first kappa shape index (κ1) is 19.9. The second kappa shape index (κ2) is 9.90. The van der Waals surface area contributed by atoms with Crippen LogP contribution in [0.2, 0.25) is 0 Å². The average Bonchev–Trinajstić information content (AvgIpc) is 3.11. The highest BCUT2D eigenvalue weighted by atomic mass is 16.5. The summed E-state index contributed by atoms with van der Waals surface area (Å²) in [5.74, 6) is 1.71. The average molecular weight is 371 g/mol.